The van der Waals surface area contributed by atoms with E-state index in [9.17, 15) is 0 Å². The number of rotatable bonds is 23. The molecule has 158 valence electrons. The first-order valence-corrected chi connectivity index (χ1v) is 14.9. The first-order valence-electron chi connectivity index (χ1n) is 12.6. The van der Waals surface area contributed by atoms with Crippen LogP contribution in [-0.2, 0) is 0 Å². The van der Waals surface area contributed by atoms with E-state index in [1.165, 1.54) is 175 Å². The zero-order chi connectivity index (χ0) is 19.0. The summed E-state index contributed by atoms with van der Waals surface area (Å²) in [5.41, 5.74) is 0. The zero-order valence-electron chi connectivity index (χ0n) is 18.5. The predicted molar refractivity (Wildman–Crippen MR) is 125 cm³/mol. The van der Waals surface area contributed by atoms with E-state index in [1.54, 1.807) is 0 Å². The quantitative estimate of drug-likeness (QED) is 0.102. The molecular weight excluding hydrogens is 422 g/mol. The molecule has 0 radical (unpaired) electrons. The van der Waals surface area contributed by atoms with Crippen LogP contribution in [0.4, 0.5) is 0 Å². The molecule has 0 aliphatic rings. The van der Waals surface area contributed by atoms with E-state index >= 15 is 0 Å². The average Bonchev–Trinajstić information content (AvgIpc) is 2.66. The molecule has 0 fully saturated rings. The normalized spacial score (nSPS) is 11.3. The molecule has 0 aliphatic carbocycles. The Labute approximate surface area is 181 Å². The average molecular weight is 475 g/mol. The van der Waals surface area contributed by atoms with Crippen molar-refractivity contribution >= 4 is 23.0 Å². The van der Waals surface area contributed by atoms with E-state index in [2.05, 4.69) is 6.92 Å². The molecule has 0 bridgehead atoms. The molecule has 0 atom stereocenters. The van der Waals surface area contributed by atoms with Gasteiger partial charge in [0.05, 0.1) is 0 Å². The Kier molecular flexibility index (Phi) is 26.6. The zero-order valence-corrected chi connectivity index (χ0v) is 21.8. The Hall–Kier alpha value is 0.818. The van der Waals surface area contributed by atoms with Crippen LogP contribution in [0.25, 0.3) is 0 Å². The molecule has 0 spiro atoms. The molecule has 0 heterocycles. The number of hydrogen-bond donors (Lipinski definition) is 0. The van der Waals surface area contributed by atoms with Gasteiger partial charge in [0.2, 0.25) is 0 Å². The van der Waals surface area contributed by atoms with Crippen LogP contribution in [0.3, 0.4) is 0 Å². The van der Waals surface area contributed by atoms with Gasteiger partial charge in [-0.25, -0.2) is 0 Å². The summed E-state index contributed by atoms with van der Waals surface area (Å²) in [5.74, 6) is 0. The van der Waals surface area contributed by atoms with Gasteiger partial charge in [-0.2, -0.15) is 0 Å². The van der Waals surface area contributed by atoms with E-state index in [0.29, 0.717) is 0 Å². The van der Waals surface area contributed by atoms with E-state index < -0.39 is 0 Å². The second-order valence-corrected chi connectivity index (χ2v) is 10.2. The van der Waals surface area contributed by atoms with Crippen LogP contribution in [0.5, 0.6) is 0 Å². The van der Waals surface area contributed by atoms with Crippen LogP contribution in [0.15, 0.2) is 0 Å². The van der Waals surface area contributed by atoms with Gasteiger partial charge in [0.1, 0.15) is 0 Å². The van der Waals surface area contributed by atoms with E-state index in [1.807, 2.05) is 0 Å². The Morgan fingerprint density at radius 2 is 0.500 bits per heavy atom. The molecule has 1 heteroatoms. The summed E-state index contributed by atoms with van der Waals surface area (Å²) in [5, 5.41) is 0. The Morgan fingerprint density at radius 1 is 0.308 bits per heavy atom. The van der Waals surface area contributed by atoms with Crippen LogP contribution in [-0.4, -0.2) is 23.0 Å². The first-order chi connectivity index (χ1) is 12.9. The van der Waals surface area contributed by atoms with Crippen LogP contribution >= 0.6 is 0 Å². The minimum absolute atomic E-state index is 1.38. The Morgan fingerprint density at radius 3 is 0.692 bits per heavy atom. The topological polar surface area (TPSA) is 0 Å². The van der Waals surface area contributed by atoms with Gasteiger partial charge >= 0.3 is 98.0 Å². The van der Waals surface area contributed by atoms with Gasteiger partial charge in [0, 0.05) is 0 Å². The van der Waals surface area contributed by atoms with Gasteiger partial charge in [0.15, 0.2) is 0 Å². The fourth-order valence-corrected chi connectivity index (χ4v) is 4.75. The standard InChI is InChI=1S/C25H51.Sb.2H/c1-3-5-7-9-11-13-15-17-19-21-23-25-24-22-20-18-16-14-12-10-8-6-4-2;;;/h1,3-25H2,2H3;;;. The summed E-state index contributed by atoms with van der Waals surface area (Å²) in [4.78, 5) is 0. The van der Waals surface area contributed by atoms with Gasteiger partial charge in [-0.3, -0.25) is 0 Å². The van der Waals surface area contributed by atoms with Crippen molar-refractivity contribution in [3.05, 3.63) is 0 Å². The molecule has 0 nitrogen and oxygen atoms in total. The summed E-state index contributed by atoms with van der Waals surface area (Å²) in [6.45, 7) is 2.30. The summed E-state index contributed by atoms with van der Waals surface area (Å²) in [6.07, 6.45) is 34.2. The molecule has 0 aromatic carbocycles. The van der Waals surface area contributed by atoms with Crippen molar-refractivity contribution < 1.29 is 0 Å². The summed E-state index contributed by atoms with van der Waals surface area (Å²) >= 11 is 1.47. The molecule has 0 amide bonds. The second-order valence-electron chi connectivity index (χ2n) is 8.57. The van der Waals surface area contributed by atoms with Crippen molar-refractivity contribution in [1.29, 1.82) is 0 Å². The minimum atomic E-state index is 1.38. The van der Waals surface area contributed by atoms with Crippen molar-refractivity contribution in [2.75, 3.05) is 0 Å². The third kappa shape index (κ3) is 24.8. The van der Waals surface area contributed by atoms with Crippen molar-refractivity contribution in [3.8, 4) is 0 Å². The second kappa shape index (κ2) is 25.8. The van der Waals surface area contributed by atoms with Crippen LogP contribution < -0.4 is 0 Å². The molecular formula is C25H53Sb. The van der Waals surface area contributed by atoms with Crippen LogP contribution in [0.2, 0.25) is 4.37 Å². The fraction of sp³-hybridized carbons (Fsp3) is 1.00. The summed E-state index contributed by atoms with van der Waals surface area (Å²) in [6, 6.07) is 0. The Balaban J connectivity index is 2.95. The number of hydrogen-bond acceptors (Lipinski definition) is 0. The van der Waals surface area contributed by atoms with Crippen LogP contribution in [0, 0.1) is 0 Å². The maximum atomic E-state index is 2.30. The molecule has 0 saturated carbocycles. The number of unbranched alkanes of at least 4 members (excludes halogenated alkanes) is 22. The van der Waals surface area contributed by atoms with Gasteiger partial charge in [-0.1, -0.05) is 84.0 Å². The van der Waals surface area contributed by atoms with Gasteiger partial charge < -0.3 is 0 Å². The van der Waals surface area contributed by atoms with Crippen molar-refractivity contribution in [2.24, 2.45) is 0 Å². The van der Waals surface area contributed by atoms with Gasteiger partial charge in [-0.15, -0.1) is 0 Å². The molecule has 0 saturated heterocycles. The third-order valence-corrected chi connectivity index (χ3v) is 6.97. The molecule has 26 heavy (non-hydrogen) atoms. The summed E-state index contributed by atoms with van der Waals surface area (Å²) in [7, 11) is 0. The third-order valence-electron chi connectivity index (χ3n) is 5.81. The molecule has 0 N–H and O–H groups in total. The van der Waals surface area contributed by atoms with Crippen molar-refractivity contribution in [3.63, 3.8) is 0 Å². The van der Waals surface area contributed by atoms with E-state index in [-0.39, 0.29) is 0 Å². The van der Waals surface area contributed by atoms with Gasteiger partial charge in [-0.05, 0) is 0 Å². The fourth-order valence-electron chi connectivity index (χ4n) is 3.93. The molecule has 0 aromatic rings. The van der Waals surface area contributed by atoms with Crippen LogP contribution in [0.1, 0.15) is 155 Å². The van der Waals surface area contributed by atoms with E-state index in [0.717, 1.165) is 0 Å². The maximum absolute atomic E-state index is 2.30. The molecule has 0 rings (SSSR count). The Bertz CT molecular complexity index is 202. The SMILES string of the molecule is CCCCCCCCCCCCCCCCCCCCCCCC[CH2][SbH2]. The molecule has 0 aromatic heterocycles. The van der Waals surface area contributed by atoms with Crippen molar-refractivity contribution in [1.82, 2.24) is 0 Å². The van der Waals surface area contributed by atoms with Gasteiger partial charge in [0.25, 0.3) is 0 Å². The summed E-state index contributed by atoms with van der Waals surface area (Å²) < 4.78 is 1.50. The van der Waals surface area contributed by atoms with E-state index in [4.69, 9.17) is 0 Å². The molecule has 0 aliphatic heterocycles. The predicted octanol–water partition coefficient (Wildman–Crippen LogP) is 9.03. The monoisotopic (exact) mass is 474 g/mol. The molecule has 0 unspecified atom stereocenters. The van der Waals surface area contributed by atoms with Crippen molar-refractivity contribution in [2.45, 2.75) is 159 Å². The first kappa shape index (κ1) is 26.8.